The molecule has 0 atom stereocenters. The second-order valence-corrected chi connectivity index (χ2v) is 16.3. The molecule has 2 aromatic heterocycles. The molecule has 0 radical (unpaired) electrons. The minimum atomic E-state index is 0.577. The van der Waals surface area contributed by atoms with Crippen LogP contribution in [0.3, 0.4) is 0 Å². The fourth-order valence-electron chi connectivity index (χ4n) is 9.07. The molecule has 0 amide bonds. The van der Waals surface area contributed by atoms with Gasteiger partial charge in [0.2, 0.25) is 0 Å². The van der Waals surface area contributed by atoms with E-state index in [1.165, 1.54) is 22.3 Å². The maximum absolute atomic E-state index is 6.76. The Hall–Kier alpha value is -8.73. The Balaban J connectivity index is 0.988. The van der Waals surface area contributed by atoms with Crippen LogP contribution in [0.2, 0.25) is 0 Å². The van der Waals surface area contributed by atoms with E-state index in [2.05, 4.69) is 212 Å². The van der Waals surface area contributed by atoms with Gasteiger partial charge in [0.05, 0.1) is 0 Å². The van der Waals surface area contributed by atoms with Crippen molar-refractivity contribution in [2.45, 2.75) is 0 Å². The lowest BCUT2D eigenvalue weighted by molar-refractivity contribution is 0.670. The van der Waals surface area contributed by atoms with Crippen LogP contribution in [0, 0.1) is 0 Å². The van der Waals surface area contributed by atoms with Crippen LogP contribution in [0.25, 0.3) is 123 Å². The van der Waals surface area contributed by atoms with Crippen LogP contribution in [0.5, 0.6) is 0 Å². The van der Waals surface area contributed by atoms with E-state index in [1.807, 2.05) is 24.3 Å². The van der Waals surface area contributed by atoms with Gasteiger partial charge in [-0.15, -0.1) is 0 Å². The van der Waals surface area contributed by atoms with Crippen LogP contribution in [0.4, 0.5) is 0 Å². The van der Waals surface area contributed by atoms with Gasteiger partial charge < -0.3 is 4.42 Å². The van der Waals surface area contributed by atoms with Crippen LogP contribution < -0.4 is 0 Å². The molecule has 10 aromatic carbocycles. The summed E-state index contributed by atoms with van der Waals surface area (Å²) in [5, 5.41) is 4.25. The van der Waals surface area contributed by atoms with E-state index in [1.54, 1.807) is 0 Å². The molecule has 4 nitrogen and oxygen atoms in total. The first-order valence-corrected chi connectivity index (χ1v) is 21.9. The Morgan fingerprint density at radius 3 is 1.31 bits per heavy atom. The van der Waals surface area contributed by atoms with Crippen molar-refractivity contribution in [2.75, 3.05) is 0 Å². The molecule has 0 saturated heterocycles. The van der Waals surface area contributed by atoms with Gasteiger partial charge in [0.1, 0.15) is 11.2 Å². The summed E-state index contributed by atoms with van der Waals surface area (Å²) in [5.74, 6) is 1.77. The summed E-state index contributed by atoms with van der Waals surface area (Å²) in [5.41, 5.74) is 15.7. The molecule has 0 unspecified atom stereocenters. The molecule has 12 aromatic rings. The zero-order chi connectivity index (χ0) is 43.1. The lowest BCUT2D eigenvalue weighted by Gasteiger charge is -2.12. The quantitative estimate of drug-likeness (QED) is 0.153. The largest absolute Gasteiger partial charge is 0.455 e. The van der Waals surface area contributed by atoms with E-state index in [-0.39, 0.29) is 0 Å². The molecule has 0 saturated carbocycles. The first-order chi connectivity index (χ1) is 32.2. The number of fused-ring (bicyclic) bond motifs is 4. The predicted octanol–water partition coefficient (Wildman–Crippen LogP) is 16.3. The number of hydrogen-bond donors (Lipinski definition) is 0. The van der Waals surface area contributed by atoms with E-state index in [0.717, 1.165) is 82.8 Å². The molecule has 0 spiro atoms. The van der Waals surface area contributed by atoms with Crippen LogP contribution in [-0.4, -0.2) is 15.0 Å². The topological polar surface area (TPSA) is 51.8 Å². The summed E-state index contributed by atoms with van der Waals surface area (Å²) in [6.45, 7) is 0. The molecule has 12 rings (SSSR count). The standard InChI is InChI=1S/C61H39N3O/c1-4-13-40(14-5-1)42-25-27-44(28-26-42)45-31-36-49(37-32-45)59-62-60(50-38-35-47-19-10-20-51(55(47)39-50)46-17-8-3-9-18-46)64-61(63-59)54-23-12-24-56-57(54)53-22-11-21-52(58(53)65-56)48-33-29-43(30-34-48)41-15-6-2-7-16-41/h1-39H. The molecule has 0 N–H and O–H groups in total. The SMILES string of the molecule is c1ccc(-c2ccc(-c3ccc(-c4nc(-c5ccc6cccc(-c7ccccc7)c6c5)nc(-c5cccc6oc7c(-c8ccc(-c9ccccc9)cc8)cccc7c56)n4)cc3)cc2)cc1. The molecular formula is C61H39N3O. The molecule has 0 aliphatic heterocycles. The predicted molar refractivity (Wildman–Crippen MR) is 268 cm³/mol. The van der Waals surface area contributed by atoms with Crippen molar-refractivity contribution in [3.8, 4) is 89.8 Å². The zero-order valence-electron chi connectivity index (χ0n) is 35.3. The van der Waals surface area contributed by atoms with Crippen molar-refractivity contribution in [1.29, 1.82) is 0 Å². The molecule has 0 bridgehead atoms. The van der Waals surface area contributed by atoms with Gasteiger partial charge in [0.25, 0.3) is 0 Å². The second-order valence-electron chi connectivity index (χ2n) is 16.3. The number of rotatable bonds is 8. The molecular weight excluding hydrogens is 791 g/mol. The number of hydrogen-bond acceptors (Lipinski definition) is 4. The Morgan fingerprint density at radius 1 is 0.262 bits per heavy atom. The van der Waals surface area contributed by atoms with Gasteiger partial charge in [0, 0.05) is 33.0 Å². The van der Waals surface area contributed by atoms with Crippen molar-refractivity contribution in [2.24, 2.45) is 0 Å². The highest BCUT2D eigenvalue weighted by Crippen LogP contribution is 2.41. The van der Waals surface area contributed by atoms with E-state index in [0.29, 0.717) is 17.5 Å². The Bertz CT molecular complexity index is 3660. The van der Waals surface area contributed by atoms with Crippen molar-refractivity contribution < 1.29 is 4.42 Å². The van der Waals surface area contributed by atoms with E-state index in [4.69, 9.17) is 19.4 Å². The normalized spacial score (nSPS) is 11.4. The molecule has 2 heterocycles. The lowest BCUT2D eigenvalue weighted by Crippen LogP contribution is -2.00. The molecule has 0 aliphatic carbocycles. The Labute approximate surface area is 376 Å². The van der Waals surface area contributed by atoms with Crippen molar-refractivity contribution in [3.63, 3.8) is 0 Å². The average molecular weight is 830 g/mol. The molecule has 0 aliphatic rings. The number of nitrogens with zero attached hydrogens (tertiary/aromatic N) is 3. The Morgan fingerprint density at radius 2 is 0.692 bits per heavy atom. The second kappa shape index (κ2) is 16.2. The maximum Gasteiger partial charge on any atom is 0.164 e. The molecule has 304 valence electrons. The number of benzene rings is 10. The van der Waals surface area contributed by atoms with Gasteiger partial charge in [-0.1, -0.05) is 224 Å². The monoisotopic (exact) mass is 829 g/mol. The molecule has 0 fully saturated rings. The van der Waals surface area contributed by atoms with Gasteiger partial charge >= 0.3 is 0 Å². The number of para-hydroxylation sites is 1. The third kappa shape index (κ3) is 7.13. The van der Waals surface area contributed by atoms with Crippen molar-refractivity contribution in [1.82, 2.24) is 15.0 Å². The highest BCUT2D eigenvalue weighted by molar-refractivity contribution is 6.15. The first-order valence-electron chi connectivity index (χ1n) is 21.9. The first kappa shape index (κ1) is 38.0. The van der Waals surface area contributed by atoms with E-state index in [9.17, 15) is 0 Å². The summed E-state index contributed by atoms with van der Waals surface area (Å²) in [6, 6.07) is 82.9. The fraction of sp³-hybridized carbons (Fsp3) is 0. The van der Waals surface area contributed by atoms with Crippen molar-refractivity contribution in [3.05, 3.63) is 237 Å². The van der Waals surface area contributed by atoms with Crippen LogP contribution in [0.15, 0.2) is 241 Å². The Kier molecular flexibility index (Phi) is 9.46. The summed E-state index contributed by atoms with van der Waals surface area (Å²) >= 11 is 0. The minimum Gasteiger partial charge on any atom is -0.455 e. The maximum atomic E-state index is 6.76. The zero-order valence-corrected chi connectivity index (χ0v) is 35.3. The van der Waals surface area contributed by atoms with Crippen LogP contribution >= 0.6 is 0 Å². The minimum absolute atomic E-state index is 0.577. The summed E-state index contributed by atoms with van der Waals surface area (Å²) in [6.07, 6.45) is 0. The average Bonchev–Trinajstić information content (AvgIpc) is 3.79. The van der Waals surface area contributed by atoms with Gasteiger partial charge in [0.15, 0.2) is 17.5 Å². The van der Waals surface area contributed by atoms with Crippen LogP contribution in [-0.2, 0) is 0 Å². The molecule has 65 heavy (non-hydrogen) atoms. The third-order valence-electron chi connectivity index (χ3n) is 12.4. The molecule has 4 heteroatoms. The summed E-state index contributed by atoms with van der Waals surface area (Å²) < 4.78 is 6.76. The number of furan rings is 1. The number of aromatic nitrogens is 3. The van der Waals surface area contributed by atoms with Crippen LogP contribution in [0.1, 0.15) is 0 Å². The van der Waals surface area contributed by atoms with Gasteiger partial charge in [-0.05, 0) is 73.0 Å². The summed E-state index contributed by atoms with van der Waals surface area (Å²) in [7, 11) is 0. The highest BCUT2D eigenvalue weighted by Gasteiger charge is 2.20. The van der Waals surface area contributed by atoms with Crippen molar-refractivity contribution >= 4 is 32.7 Å². The van der Waals surface area contributed by atoms with Gasteiger partial charge in [-0.25, -0.2) is 15.0 Å². The van der Waals surface area contributed by atoms with E-state index >= 15 is 0 Å². The smallest absolute Gasteiger partial charge is 0.164 e. The summed E-state index contributed by atoms with van der Waals surface area (Å²) in [4.78, 5) is 15.8. The third-order valence-corrected chi connectivity index (χ3v) is 12.4. The lowest BCUT2D eigenvalue weighted by atomic mass is 9.96. The fourth-order valence-corrected chi connectivity index (χ4v) is 9.07. The van der Waals surface area contributed by atoms with Gasteiger partial charge in [-0.2, -0.15) is 0 Å². The highest BCUT2D eigenvalue weighted by atomic mass is 16.3. The van der Waals surface area contributed by atoms with E-state index < -0.39 is 0 Å². The van der Waals surface area contributed by atoms with Gasteiger partial charge in [-0.3, -0.25) is 0 Å².